The van der Waals surface area contributed by atoms with Gasteiger partial charge in [-0.3, -0.25) is 0 Å². The number of nitrogens with zero attached hydrogens (tertiary/aromatic N) is 2. The normalized spacial score (nSPS) is 18.0. The summed E-state index contributed by atoms with van der Waals surface area (Å²) in [5, 5.41) is 0. The predicted octanol–water partition coefficient (Wildman–Crippen LogP) is 1.50. The highest BCUT2D eigenvalue weighted by Gasteiger charge is 2.05. The molecule has 0 unspecified atom stereocenters. The first kappa shape index (κ1) is 5.96. The van der Waals surface area contributed by atoms with Crippen molar-refractivity contribution in [2.24, 2.45) is 0 Å². The highest BCUT2D eigenvalue weighted by Crippen LogP contribution is 2.14. The Kier molecular flexibility index (Phi) is 1.46. The molecule has 0 saturated heterocycles. The summed E-state index contributed by atoms with van der Waals surface area (Å²) in [6, 6.07) is 0. The molecule has 0 spiro atoms. The van der Waals surface area contributed by atoms with Gasteiger partial charge in [0, 0.05) is 24.9 Å². The largest absolute Gasteiger partial charge is 0.334 e. The van der Waals surface area contributed by atoms with Crippen molar-refractivity contribution in [1.82, 2.24) is 9.55 Å². The summed E-state index contributed by atoms with van der Waals surface area (Å²) in [4.78, 5) is 4.05. The van der Waals surface area contributed by atoms with Crippen LogP contribution in [0.2, 0.25) is 0 Å². The summed E-state index contributed by atoms with van der Waals surface area (Å²) in [5.41, 5.74) is 1.16. The first-order valence-corrected chi connectivity index (χ1v) is 3.71. The van der Waals surface area contributed by atoms with Crippen LogP contribution in [0.5, 0.6) is 0 Å². The first-order chi connectivity index (χ1) is 4.97. The van der Waals surface area contributed by atoms with Crippen LogP contribution in [-0.4, -0.2) is 9.55 Å². The van der Waals surface area contributed by atoms with Gasteiger partial charge in [-0.25, -0.2) is 4.98 Å². The van der Waals surface area contributed by atoms with Crippen LogP contribution in [0.1, 0.15) is 25.0 Å². The van der Waals surface area contributed by atoms with Gasteiger partial charge >= 0.3 is 0 Å². The molecule has 0 saturated carbocycles. The minimum absolute atomic E-state index is 1.09. The van der Waals surface area contributed by atoms with E-state index in [-0.39, 0.29) is 0 Å². The van der Waals surface area contributed by atoms with Crippen LogP contribution in [0.3, 0.4) is 0 Å². The number of hydrogen-bond acceptors (Lipinski definition) is 1. The molecule has 2 heterocycles. The van der Waals surface area contributed by atoms with Gasteiger partial charge in [0.25, 0.3) is 0 Å². The molecule has 0 aromatic carbocycles. The van der Waals surface area contributed by atoms with Crippen molar-refractivity contribution in [2.75, 3.05) is 0 Å². The fourth-order valence-corrected chi connectivity index (χ4v) is 1.27. The molecule has 52 valence electrons. The van der Waals surface area contributed by atoms with Gasteiger partial charge in [0.2, 0.25) is 0 Å². The van der Waals surface area contributed by atoms with Crippen LogP contribution >= 0.6 is 0 Å². The minimum Gasteiger partial charge on any atom is -0.334 e. The van der Waals surface area contributed by atoms with Gasteiger partial charge in [-0.2, -0.15) is 0 Å². The number of hydrogen-bond donors (Lipinski definition) is 0. The third kappa shape index (κ3) is 0.939. The molecule has 1 aliphatic rings. The van der Waals surface area contributed by atoms with E-state index in [1.54, 1.807) is 0 Å². The molecule has 1 aromatic rings. The lowest BCUT2D eigenvalue weighted by Crippen LogP contribution is -1.95. The summed E-state index contributed by atoms with van der Waals surface area (Å²) in [6.07, 6.45) is 10.7. The molecular formula is C8H10N2. The molecule has 0 atom stereocenters. The van der Waals surface area contributed by atoms with Gasteiger partial charge in [0.15, 0.2) is 0 Å². The molecule has 2 nitrogen and oxygen atoms in total. The third-order valence-electron chi connectivity index (χ3n) is 1.84. The highest BCUT2D eigenvalue weighted by atomic mass is 15.0. The SMILES string of the molecule is [C]1CCCCn2cncc21. The zero-order valence-electron chi connectivity index (χ0n) is 5.88. The minimum atomic E-state index is 1.09. The van der Waals surface area contributed by atoms with Gasteiger partial charge in [0.1, 0.15) is 0 Å². The van der Waals surface area contributed by atoms with E-state index < -0.39 is 0 Å². The van der Waals surface area contributed by atoms with Crippen LogP contribution in [0.25, 0.3) is 0 Å². The van der Waals surface area contributed by atoms with E-state index in [1.165, 1.54) is 12.8 Å². The summed E-state index contributed by atoms with van der Waals surface area (Å²) in [5.74, 6) is 0. The fraction of sp³-hybridized carbons (Fsp3) is 0.500. The van der Waals surface area contributed by atoms with Crippen molar-refractivity contribution in [3.05, 3.63) is 24.6 Å². The molecule has 0 fully saturated rings. The second kappa shape index (κ2) is 2.45. The van der Waals surface area contributed by atoms with E-state index in [2.05, 4.69) is 16.0 Å². The van der Waals surface area contributed by atoms with Gasteiger partial charge in [-0.15, -0.1) is 0 Å². The predicted molar refractivity (Wildman–Crippen MR) is 38.4 cm³/mol. The number of aryl methyl sites for hydroxylation is 1. The van der Waals surface area contributed by atoms with Crippen LogP contribution in [0, 0.1) is 6.42 Å². The molecular weight excluding hydrogens is 124 g/mol. The Balaban J connectivity index is 2.28. The molecule has 2 heteroatoms. The fourth-order valence-electron chi connectivity index (χ4n) is 1.27. The average Bonchev–Trinajstić information content (AvgIpc) is 2.28. The quantitative estimate of drug-likeness (QED) is 0.525. The van der Waals surface area contributed by atoms with Crippen molar-refractivity contribution in [2.45, 2.75) is 25.8 Å². The van der Waals surface area contributed by atoms with Crippen molar-refractivity contribution >= 4 is 0 Å². The second-order valence-corrected chi connectivity index (χ2v) is 2.61. The van der Waals surface area contributed by atoms with Crippen LogP contribution in [0.4, 0.5) is 0 Å². The van der Waals surface area contributed by atoms with Crippen molar-refractivity contribution in [1.29, 1.82) is 0 Å². The van der Waals surface area contributed by atoms with E-state index in [0.29, 0.717) is 0 Å². The van der Waals surface area contributed by atoms with E-state index in [1.807, 2.05) is 12.5 Å². The van der Waals surface area contributed by atoms with Crippen molar-refractivity contribution < 1.29 is 0 Å². The van der Waals surface area contributed by atoms with E-state index in [9.17, 15) is 0 Å². The van der Waals surface area contributed by atoms with Gasteiger partial charge in [-0.05, 0) is 12.8 Å². The summed E-state index contributed by atoms with van der Waals surface area (Å²) >= 11 is 0. The van der Waals surface area contributed by atoms with Crippen LogP contribution in [0.15, 0.2) is 12.5 Å². The zero-order valence-corrected chi connectivity index (χ0v) is 5.88. The molecule has 0 aliphatic carbocycles. The maximum atomic E-state index is 4.05. The molecule has 0 amide bonds. The highest BCUT2D eigenvalue weighted by molar-refractivity contribution is 5.10. The first-order valence-electron chi connectivity index (χ1n) is 3.71. The summed E-state index contributed by atoms with van der Waals surface area (Å²) in [7, 11) is 0. The molecule has 0 bridgehead atoms. The summed E-state index contributed by atoms with van der Waals surface area (Å²) in [6.45, 7) is 1.11. The second-order valence-electron chi connectivity index (χ2n) is 2.61. The molecule has 2 rings (SSSR count). The lowest BCUT2D eigenvalue weighted by atomic mass is 10.2. The van der Waals surface area contributed by atoms with Gasteiger partial charge in [-0.1, -0.05) is 6.42 Å². The Hall–Kier alpha value is -0.790. The number of fused-ring (bicyclic) bond motifs is 1. The smallest absolute Gasteiger partial charge is 0.0948 e. The average molecular weight is 134 g/mol. The Bertz CT molecular complexity index is 194. The topological polar surface area (TPSA) is 17.8 Å². The Morgan fingerprint density at radius 3 is 3.50 bits per heavy atom. The van der Waals surface area contributed by atoms with E-state index >= 15 is 0 Å². The molecule has 1 aromatic heterocycles. The Morgan fingerprint density at radius 1 is 1.50 bits per heavy atom. The number of aromatic nitrogens is 2. The van der Waals surface area contributed by atoms with Crippen LogP contribution in [-0.2, 0) is 6.54 Å². The molecule has 2 radical (unpaired) electrons. The number of imidazole rings is 1. The van der Waals surface area contributed by atoms with Gasteiger partial charge in [0.05, 0.1) is 6.33 Å². The standard InChI is InChI=1S/C8H10N2/c1-2-4-8-6-9-7-10(8)5-3-1/h6-7H,1-3,5H2. The lowest BCUT2D eigenvalue weighted by molar-refractivity contribution is 0.634. The zero-order chi connectivity index (χ0) is 6.81. The summed E-state index contributed by atoms with van der Waals surface area (Å²) < 4.78 is 2.16. The maximum absolute atomic E-state index is 4.05. The Labute approximate surface area is 60.9 Å². The monoisotopic (exact) mass is 134 g/mol. The molecule has 0 N–H and O–H groups in total. The maximum Gasteiger partial charge on any atom is 0.0948 e. The third-order valence-corrected chi connectivity index (χ3v) is 1.84. The van der Waals surface area contributed by atoms with Gasteiger partial charge < -0.3 is 4.57 Å². The van der Waals surface area contributed by atoms with Crippen molar-refractivity contribution in [3.8, 4) is 0 Å². The van der Waals surface area contributed by atoms with Crippen molar-refractivity contribution in [3.63, 3.8) is 0 Å². The lowest BCUT2D eigenvalue weighted by Gasteiger charge is -1.98. The molecule has 10 heavy (non-hydrogen) atoms. The van der Waals surface area contributed by atoms with E-state index in [0.717, 1.165) is 18.7 Å². The Morgan fingerprint density at radius 2 is 2.50 bits per heavy atom. The molecule has 1 aliphatic heterocycles. The van der Waals surface area contributed by atoms with Crippen LogP contribution < -0.4 is 0 Å². The number of rotatable bonds is 0. The van der Waals surface area contributed by atoms with E-state index in [4.69, 9.17) is 0 Å².